The summed E-state index contributed by atoms with van der Waals surface area (Å²) in [6.07, 6.45) is 1.24. The maximum absolute atomic E-state index is 12.6. The molecule has 6 nitrogen and oxygen atoms in total. The van der Waals surface area contributed by atoms with Crippen molar-refractivity contribution in [1.82, 2.24) is 9.80 Å². The number of benzene rings is 1. The molecule has 2 fully saturated rings. The van der Waals surface area contributed by atoms with Crippen LogP contribution in [0.1, 0.15) is 12.0 Å². The molecule has 0 unspecified atom stereocenters. The summed E-state index contributed by atoms with van der Waals surface area (Å²) < 4.78 is 11.3. The smallest absolute Gasteiger partial charge is 0.227 e. The van der Waals surface area contributed by atoms with Crippen molar-refractivity contribution < 1.29 is 19.4 Å². The van der Waals surface area contributed by atoms with E-state index in [-0.39, 0.29) is 17.8 Å². The second-order valence-electron chi connectivity index (χ2n) is 6.45. The molecule has 1 N–H and O–H groups in total. The van der Waals surface area contributed by atoms with Gasteiger partial charge in [0.1, 0.15) is 5.75 Å². The summed E-state index contributed by atoms with van der Waals surface area (Å²) in [6.45, 7) is 6.31. The molecular formula is C18H26N2O4. The van der Waals surface area contributed by atoms with Crippen LogP contribution in [0.25, 0.3) is 0 Å². The van der Waals surface area contributed by atoms with Crippen molar-refractivity contribution in [2.45, 2.75) is 18.9 Å². The fourth-order valence-electron chi connectivity index (χ4n) is 3.26. The molecule has 0 spiro atoms. The Morgan fingerprint density at radius 3 is 2.83 bits per heavy atom. The highest BCUT2D eigenvalue weighted by molar-refractivity contribution is 5.79. The van der Waals surface area contributed by atoms with Crippen molar-refractivity contribution in [3.8, 4) is 5.75 Å². The second kappa shape index (κ2) is 8.46. The van der Waals surface area contributed by atoms with Gasteiger partial charge in [0, 0.05) is 39.3 Å². The fraction of sp³-hybridized carbons (Fsp3) is 0.611. The van der Waals surface area contributed by atoms with Gasteiger partial charge in [0.25, 0.3) is 0 Å². The van der Waals surface area contributed by atoms with E-state index in [1.54, 1.807) is 18.2 Å². The molecule has 6 heteroatoms. The molecule has 0 saturated carbocycles. The van der Waals surface area contributed by atoms with Crippen LogP contribution < -0.4 is 0 Å². The first-order valence-corrected chi connectivity index (χ1v) is 8.68. The maximum atomic E-state index is 12.6. The van der Waals surface area contributed by atoms with E-state index in [1.807, 2.05) is 11.0 Å². The molecule has 132 valence electrons. The van der Waals surface area contributed by atoms with Crippen LogP contribution in [-0.2, 0) is 20.7 Å². The number of phenolic OH excluding ortho intramolecular Hbond substituents is 1. The quantitative estimate of drug-likeness (QED) is 0.886. The van der Waals surface area contributed by atoms with E-state index in [0.29, 0.717) is 19.6 Å². The molecule has 3 rings (SSSR count). The van der Waals surface area contributed by atoms with Crippen LogP contribution in [0.15, 0.2) is 24.3 Å². The summed E-state index contributed by atoms with van der Waals surface area (Å²) in [5.41, 5.74) is 0.842. The first-order chi connectivity index (χ1) is 11.7. The summed E-state index contributed by atoms with van der Waals surface area (Å²) in [4.78, 5) is 16.9. The maximum Gasteiger partial charge on any atom is 0.227 e. The molecule has 24 heavy (non-hydrogen) atoms. The van der Waals surface area contributed by atoms with Crippen LogP contribution in [0.4, 0.5) is 0 Å². The number of ether oxygens (including phenoxy) is 2. The lowest BCUT2D eigenvalue weighted by Gasteiger charge is -2.31. The molecule has 2 aliphatic rings. The zero-order valence-corrected chi connectivity index (χ0v) is 14.0. The Morgan fingerprint density at radius 2 is 2.04 bits per heavy atom. The standard InChI is InChI=1S/C18H26N2O4/c21-16-4-1-3-15(11-16)12-18(22)20-5-2-8-24-17(14-20)13-19-6-9-23-10-7-19/h1,3-4,11,17,21H,2,5-10,12-14H2/t17-/m1/s1. The van der Waals surface area contributed by atoms with Gasteiger partial charge in [-0.25, -0.2) is 0 Å². The van der Waals surface area contributed by atoms with E-state index in [2.05, 4.69) is 4.90 Å². The number of amides is 1. The third kappa shape index (κ3) is 4.93. The van der Waals surface area contributed by atoms with Crippen molar-refractivity contribution in [1.29, 1.82) is 0 Å². The van der Waals surface area contributed by atoms with Crippen LogP contribution in [0.2, 0.25) is 0 Å². The number of nitrogens with zero attached hydrogens (tertiary/aromatic N) is 2. The van der Waals surface area contributed by atoms with Gasteiger partial charge in [0.05, 0.1) is 25.7 Å². The number of morpholine rings is 1. The number of hydrogen-bond acceptors (Lipinski definition) is 5. The van der Waals surface area contributed by atoms with E-state index >= 15 is 0 Å². The van der Waals surface area contributed by atoms with Crippen LogP contribution in [-0.4, -0.2) is 79.5 Å². The first kappa shape index (κ1) is 17.2. The highest BCUT2D eigenvalue weighted by atomic mass is 16.5. The highest BCUT2D eigenvalue weighted by Gasteiger charge is 2.25. The van der Waals surface area contributed by atoms with E-state index in [4.69, 9.17) is 9.47 Å². The van der Waals surface area contributed by atoms with Gasteiger partial charge in [0.15, 0.2) is 0 Å². The van der Waals surface area contributed by atoms with Gasteiger partial charge in [-0.05, 0) is 24.1 Å². The Kier molecular flexibility index (Phi) is 6.07. The Balaban J connectivity index is 1.56. The van der Waals surface area contributed by atoms with Crippen molar-refractivity contribution in [3.05, 3.63) is 29.8 Å². The average molecular weight is 334 g/mol. The normalized spacial score (nSPS) is 23.0. The summed E-state index contributed by atoms with van der Waals surface area (Å²) in [5.74, 6) is 0.294. The average Bonchev–Trinajstić information content (AvgIpc) is 2.81. The molecule has 2 saturated heterocycles. The van der Waals surface area contributed by atoms with Crippen molar-refractivity contribution in [2.75, 3.05) is 52.5 Å². The topological polar surface area (TPSA) is 62.2 Å². The van der Waals surface area contributed by atoms with Gasteiger partial charge in [-0.1, -0.05) is 12.1 Å². The van der Waals surface area contributed by atoms with Gasteiger partial charge in [-0.15, -0.1) is 0 Å². The summed E-state index contributed by atoms with van der Waals surface area (Å²) >= 11 is 0. The Labute approximate surface area is 143 Å². The first-order valence-electron chi connectivity index (χ1n) is 8.68. The van der Waals surface area contributed by atoms with Gasteiger partial charge in [0.2, 0.25) is 5.91 Å². The number of rotatable bonds is 4. The monoisotopic (exact) mass is 334 g/mol. The van der Waals surface area contributed by atoms with Gasteiger partial charge < -0.3 is 19.5 Å². The lowest BCUT2D eigenvalue weighted by molar-refractivity contribution is -0.131. The molecule has 0 aromatic heterocycles. The lowest BCUT2D eigenvalue weighted by Crippen LogP contribution is -2.46. The van der Waals surface area contributed by atoms with Crippen LogP contribution >= 0.6 is 0 Å². The number of phenols is 1. The second-order valence-corrected chi connectivity index (χ2v) is 6.45. The van der Waals surface area contributed by atoms with E-state index in [9.17, 15) is 9.90 Å². The highest BCUT2D eigenvalue weighted by Crippen LogP contribution is 2.14. The molecular weight excluding hydrogens is 308 g/mol. The zero-order chi connectivity index (χ0) is 16.8. The van der Waals surface area contributed by atoms with Gasteiger partial charge >= 0.3 is 0 Å². The molecule has 0 aliphatic carbocycles. The molecule has 2 aliphatic heterocycles. The molecule has 1 aromatic rings. The van der Waals surface area contributed by atoms with E-state index < -0.39 is 0 Å². The molecule has 0 bridgehead atoms. The van der Waals surface area contributed by atoms with Crippen LogP contribution in [0.3, 0.4) is 0 Å². The lowest BCUT2D eigenvalue weighted by atomic mass is 10.1. The number of carbonyl (C=O) groups is 1. The van der Waals surface area contributed by atoms with Crippen LogP contribution in [0.5, 0.6) is 5.75 Å². The van der Waals surface area contributed by atoms with Crippen molar-refractivity contribution >= 4 is 5.91 Å². The number of carbonyl (C=O) groups excluding carboxylic acids is 1. The predicted octanol–water partition coefficient (Wildman–Crippen LogP) is 0.884. The predicted molar refractivity (Wildman–Crippen MR) is 90.0 cm³/mol. The SMILES string of the molecule is O=C(Cc1cccc(O)c1)N1CCCO[C@H](CN2CCOCC2)C1. The number of aromatic hydroxyl groups is 1. The van der Waals surface area contributed by atoms with Crippen molar-refractivity contribution in [2.24, 2.45) is 0 Å². The Hall–Kier alpha value is -1.63. The number of hydrogen-bond donors (Lipinski definition) is 1. The Bertz CT molecular complexity index is 546. The molecule has 1 aromatic carbocycles. The minimum atomic E-state index is 0.0544. The van der Waals surface area contributed by atoms with E-state index in [0.717, 1.165) is 51.4 Å². The summed E-state index contributed by atoms with van der Waals surface area (Å²) in [7, 11) is 0. The third-order valence-electron chi connectivity index (χ3n) is 4.53. The van der Waals surface area contributed by atoms with Gasteiger partial charge in [-0.2, -0.15) is 0 Å². The summed E-state index contributed by atoms with van der Waals surface area (Å²) in [5, 5.41) is 9.55. The molecule has 1 atom stereocenters. The summed E-state index contributed by atoms with van der Waals surface area (Å²) in [6, 6.07) is 6.91. The minimum Gasteiger partial charge on any atom is -0.508 e. The minimum absolute atomic E-state index is 0.0544. The molecule has 1 amide bonds. The Morgan fingerprint density at radius 1 is 1.21 bits per heavy atom. The van der Waals surface area contributed by atoms with Gasteiger partial charge in [-0.3, -0.25) is 9.69 Å². The zero-order valence-electron chi connectivity index (χ0n) is 14.0. The van der Waals surface area contributed by atoms with Crippen LogP contribution in [0, 0.1) is 0 Å². The van der Waals surface area contributed by atoms with Crippen molar-refractivity contribution in [3.63, 3.8) is 0 Å². The van der Waals surface area contributed by atoms with E-state index in [1.165, 1.54) is 0 Å². The fourth-order valence-corrected chi connectivity index (χ4v) is 3.26. The molecule has 0 radical (unpaired) electrons. The largest absolute Gasteiger partial charge is 0.508 e. The molecule has 2 heterocycles. The third-order valence-corrected chi connectivity index (χ3v) is 4.53.